The number of halogens is 1. The van der Waals surface area contributed by atoms with Crippen molar-refractivity contribution in [3.05, 3.63) is 30.1 Å². The van der Waals surface area contributed by atoms with E-state index in [-0.39, 0.29) is 24.3 Å². The van der Waals surface area contributed by atoms with E-state index in [1.54, 1.807) is 17.2 Å². The van der Waals surface area contributed by atoms with E-state index >= 15 is 0 Å². The monoisotopic (exact) mass is 412 g/mol. The van der Waals surface area contributed by atoms with Crippen LogP contribution in [0.4, 0.5) is 10.1 Å². The summed E-state index contributed by atoms with van der Waals surface area (Å²) in [6, 6.07) is 5.60. The van der Waals surface area contributed by atoms with Crippen LogP contribution < -0.4 is 5.32 Å². The SMILES string of the molecule is N#CNC(=Nc1cccc(F)c1)/N=C\C1CCCCN(CC(=O)N2CCCC2)C1=O. The number of carbonyl (C=O) groups is 2. The number of nitriles is 1. The van der Waals surface area contributed by atoms with E-state index in [1.807, 2.05) is 4.90 Å². The van der Waals surface area contributed by atoms with Crippen molar-refractivity contribution in [2.24, 2.45) is 15.9 Å². The summed E-state index contributed by atoms with van der Waals surface area (Å²) in [6.45, 7) is 2.14. The molecule has 1 aromatic carbocycles. The minimum Gasteiger partial charge on any atom is -0.341 e. The Morgan fingerprint density at radius 3 is 2.77 bits per heavy atom. The fraction of sp³-hybridized carbons (Fsp3) is 0.476. The molecule has 2 aliphatic rings. The van der Waals surface area contributed by atoms with Gasteiger partial charge in [0.1, 0.15) is 5.82 Å². The Hall–Kier alpha value is -3.28. The summed E-state index contributed by atoms with van der Waals surface area (Å²) in [5.74, 6) is -1.14. The lowest BCUT2D eigenvalue weighted by molar-refractivity contribution is -0.140. The number of benzene rings is 1. The highest BCUT2D eigenvalue weighted by Gasteiger charge is 2.29. The van der Waals surface area contributed by atoms with Gasteiger partial charge < -0.3 is 9.80 Å². The lowest BCUT2D eigenvalue weighted by atomic mass is 10.0. The number of hydrogen-bond donors (Lipinski definition) is 1. The first-order chi connectivity index (χ1) is 14.6. The summed E-state index contributed by atoms with van der Waals surface area (Å²) in [5, 5.41) is 11.3. The van der Waals surface area contributed by atoms with Gasteiger partial charge in [0.2, 0.25) is 17.8 Å². The van der Waals surface area contributed by atoms with Gasteiger partial charge in [-0.3, -0.25) is 14.9 Å². The smallest absolute Gasteiger partial charge is 0.242 e. The highest BCUT2D eigenvalue weighted by atomic mass is 19.1. The van der Waals surface area contributed by atoms with Gasteiger partial charge in [0.25, 0.3) is 0 Å². The fourth-order valence-corrected chi connectivity index (χ4v) is 3.63. The standard InChI is InChI=1S/C21H25FN6O2/c22-17-7-5-8-18(12-17)26-21(25-15-23)24-13-16-6-1-2-11-28(20(16)30)14-19(29)27-9-3-4-10-27/h5,7-8,12-13,16H,1-4,6,9-11,14H2,(H,25,26)/b24-13-. The minimum absolute atomic E-state index is 0.0158. The van der Waals surface area contributed by atoms with E-state index in [2.05, 4.69) is 15.3 Å². The number of amides is 2. The molecule has 8 nitrogen and oxygen atoms in total. The van der Waals surface area contributed by atoms with Gasteiger partial charge in [-0.15, -0.1) is 0 Å². The van der Waals surface area contributed by atoms with Crippen LogP contribution in [0, 0.1) is 23.2 Å². The van der Waals surface area contributed by atoms with E-state index in [0.29, 0.717) is 18.7 Å². The number of rotatable bonds is 4. The average molecular weight is 412 g/mol. The topological polar surface area (TPSA) is 101 Å². The number of carbonyl (C=O) groups excluding carboxylic acids is 2. The summed E-state index contributed by atoms with van der Waals surface area (Å²) in [7, 11) is 0. The largest absolute Gasteiger partial charge is 0.341 e. The van der Waals surface area contributed by atoms with Gasteiger partial charge in [-0.25, -0.2) is 14.4 Å². The first kappa shape index (κ1) is 21.4. The summed E-state index contributed by atoms with van der Waals surface area (Å²) >= 11 is 0. The maximum absolute atomic E-state index is 13.4. The van der Waals surface area contributed by atoms with Crippen molar-refractivity contribution in [1.82, 2.24) is 15.1 Å². The van der Waals surface area contributed by atoms with E-state index in [4.69, 9.17) is 5.26 Å². The number of hydrogen-bond acceptors (Lipinski definition) is 4. The third-order valence-electron chi connectivity index (χ3n) is 5.19. The molecule has 0 saturated carbocycles. The average Bonchev–Trinajstić information content (AvgIpc) is 3.21. The van der Waals surface area contributed by atoms with Crippen molar-refractivity contribution in [3.63, 3.8) is 0 Å². The Morgan fingerprint density at radius 2 is 2.03 bits per heavy atom. The molecule has 158 valence electrons. The molecule has 2 aliphatic heterocycles. The predicted octanol–water partition coefficient (Wildman–Crippen LogP) is 2.21. The van der Waals surface area contributed by atoms with E-state index < -0.39 is 11.7 Å². The van der Waals surface area contributed by atoms with Crippen LogP contribution in [0.2, 0.25) is 0 Å². The molecule has 1 aromatic rings. The molecule has 0 spiro atoms. The van der Waals surface area contributed by atoms with E-state index in [9.17, 15) is 14.0 Å². The molecule has 2 saturated heterocycles. The van der Waals surface area contributed by atoms with Crippen LogP contribution in [-0.4, -0.2) is 60.0 Å². The van der Waals surface area contributed by atoms with Gasteiger partial charge in [-0.05, 0) is 43.9 Å². The van der Waals surface area contributed by atoms with E-state index in [1.165, 1.54) is 24.4 Å². The molecule has 1 N–H and O–H groups in total. The molecule has 0 aliphatic carbocycles. The molecule has 0 aromatic heterocycles. The highest BCUT2D eigenvalue weighted by Crippen LogP contribution is 2.18. The van der Waals surface area contributed by atoms with Gasteiger partial charge in [-0.1, -0.05) is 12.5 Å². The lowest BCUT2D eigenvalue weighted by Gasteiger charge is -2.25. The Bertz CT molecular complexity index is 872. The maximum Gasteiger partial charge on any atom is 0.242 e. The Balaban J connectivity index is 1.70. The molecular weight excluding hydrogens is 387 g/mol. The summed E-state index contributed by atoms with van der Waals surface area (Å²) < 4.78 is 13.4. The van der Waals surface area contributed by atoms with Gasteiger partial charge >= 0.3 is 0 Å². The molecular formula is C21H25FN6O2. The van der Waals surface area contributed by atoms with Gasteiger partial charge in [0.05, 0.1) is 18.2 Å². The molecule has 2 heterocycles. The molecule has 1 atom stereocenters. The van der Waals surface area contributed by atoms with Gasteiger partial charge in [-0.2, -0.15) is 5.26 Å². The van der Waals surface area contributed by atoms with Crippen molar-refractivity contribution in [2.75, 3.05) is 26.2 Å². The van der Waals surface area contributed by atoms with E-state index in [0.717, 1.165) is 38.8 Å². The Kier molecular flexibility index (Phi) is 7.49. The second-order valence-electron chi connectivity index (χ2n) is 7.38. The number of likely N-dealkylation sites (tertiary alicyclic amines) is 2. The molecule has 2 fully saturated rings. The van der Waals surface area contributed by atoms with Crippen molar-refractivity contribution in [2.45, 2.75) is 32.1 Å². The molecule has 0 radical (unpaired) electrons. The number of nitrogens with one attached hydrogen (secondary N) is 1. The first-order valence-corrected chi connectivity index (χ1v) is 10.2. The third-order valence-corrected chi connectivity index (χ3v) is 5.19. The predicted molar refractivity (Wildman–Crippen MR) is 110 cm³/mol. The first-order valence-electron chi connectivity index (χ1n) is 10.2. The zero-order valence-corrected chi connectivity index (χ0v) is 16.8. The van der Waals surface area contributed by atoms with Crippen LogP contribution in [0.5, 0.6) is 0 Å². The zero-order chi connectivity index (χ0) is 21.3. The molecule has 30 heavy (non-hydrogen) atoms. The van der Waals surface area contributed by atoms with Crippen LogP contribution in [0.3, 0.4) is 0 Å². The second kappa shape index (κ2) is 10.5. The normalized spacial score (nSPS) is 20.3. The Morgan fingerprint density at radius 1 is 1.27 bits per heavy atom. The molecule has 0 bridgehead atoms. The summed E-state index contributed by atoms with van der Waals surface area (Å²) in [6.07, 6.45) is 7.49. The van der Waals surface area contributed by atoms with Crippen LogP contribution in [-0.2, 0) is 9.59 Å². The van der Waals surface area contributed by atoms with Gasteiger partial charge in [0, 0.05) is 25.8 Å². The number of nitrogens with zero attached hydrogens (tertiary/aromatic N) is 5. The number of guanidine groups is 1. The minimum atomic E-state index is -0.503. The quantitative estimate of drug-likeness (QED) is 0.355. The third kappa shape index (κ3) is 5.86. The summed E-state index contributed by atoms with van der Waals surface area (Å²) in [5.41, 5.74) is 0.301. The van der Waals surface area contributed by atoms with Crippen LogP contribution in [0.1, 0.15) is 32.1 Å². The van der Waals surface area contributed by atoms with Crippen molar-refractivity contribution < 1.29 is 14.0 Å². The second-order valence-corrected chi connectivity index (χ2v) is 7.38. The molecule has 3 rings (SSSR count). The van der Waals surface area contributed by atoms with Crippen LogP contribution in [0.25, 0.3) is 0 Å². The molecule has 2 amide bonds. The molecule has 9 heteroatoms. The number of aliphatic imine (C=N–C) groups is 2. The van der Waals surface area contributed by atoms with Crippen molar-refractivity contribution in [3.8, 4) is 6.19 Å². The maximum atomic E-state index is 13.4. The highest BCUT2D eigenvalue weighted by molar-refractivity contribution is 6.00. The van der Waals surface area contributed by atoms with Crippen LogP contribution >= 0.6 is 0 Å². The molecule has 1 unspecified atom stereocenters. The lowest BCUT2D eigenvalue weighted by Crippen LogP contribution is -2.44. The fourth-order valence-electron chi connectivity index (χ4n) is 3.63. The van der Waals surface area contributed by atoms with Crippen LogP contribution in [0.15, 0.2) is 34.3 Å². The van der Waals surface area contributed by atoms with Crippen molar-refractivity contribution >= 4 is 29.7 Å². The zero-order valence-electron chi connectivity index (χ0n) is 16.8. The van der Waals surface area contributed by atoms with Crippen molar-refractivity contribution in [1.29, 1.82) is 5.26 Å². The Labute approximate surface area is 175 Å². The summed E-state index contributed by atoms with van der Waals surface area (Å²) in [4.78, 5) is 37.1. The van der Waals surface area contributed by atoms with Gasteiger partial charge in [0.15, 0.2) is 6.19 Å².